The van der Waals surface area contributed by atoms with Crippen LogP contribution in [-0.4, -0.2) is 48.4 Å². The van der Waals surface area contributed by atoms with Gasteiger partial charge in [-0.15, -0.1) is 11.3 Å². The molecule has 0 atom stereocenters. The number of hydrogen-bond acceptors (Lipinski definition) is 6. The smallest absolute Gasteiger partial charge is 0.234 e. The highest BCUT2D eigenvalue weighted by molar-refractivity contribution is 7.89. The molecule has 32 heavy (non-hydrogen) atoms. The van der Waals surface area contributed by atoms with Gasteiger partial charge in [0.05, 0.1) is 16.9 Å². The topological polar surface area (TPSA) is 108 Å². The highest BCUT2D eigenvalue weighted by Gasteiger charge is 2.38. The molecule has 0 unspecified atom stereocenters. The van der Waals surface area contributed by atoms with E-state index in [0.29, 0.717) is 23.9 Å². The number of fused-ring (bicyclic) bond motifs is 1. The van der Waals surface area contributed by atoms with Gasteiger partial charge in [0.15, 0.2) is 5.13 Å². The maximum absolute atomic E-state index is 12.5. The summed E-state index contributed by atoms with van der Waals surface area (Å²) in [7, 11) is -3.47. The van der Waals surface area contributed by atoms with Gasteiger partial charge in [-0.3, -0.25) is 9.59 Å². The van der Waals surface area contributed by atoms with Crippen LogP contribution in [0.1, 0.15) is 52.5 Å². The van der Waals surface area contributed by atoms with Crippen molar-refractivity contribution in [2.75, 3.05) is 29.5 Å². The second-order valence-corrected chi connectivity index (χ2v) is 11.3. The zero-order valence-electron chi connectivity index (χ0n) is 18.9. The van der Waals surface area contributed by atoms with E-state index in [4.69, 9.17) is 0 Å². The summed E-state index contributed by atoms with van der Waals surface area (Å²) in [6, 6.07) is 5.68. The maximum Gasteiger partial charge on any atom is 0.234 e. The fraction of sp³-hybridized carbons (Fsp3) is 0.500. The molecule has 0 aliphatic carbocycles. The van der Waals surface area contributed by atoms with Crippen molar-refractivity contribution in [1.29, 1.82) is 0 Å². The molecule has 10 heteroatoms. The molecule has 2 heterocycles. The van der Waals surface area contributed by atoms with Gasteiger partial charge < -0.3 is 10.6 Å². The minimum Gasteiger partial charge on any atom is -0.325 e. The molecule has 3 rings (SSSR count). The first kappa shape index (κ1) is 24.3. The van der Waals surface area contributed by atoms with Gasteiger partial charge in [0, 0.05) is 36.1 Å². The Balaban J connectivity index is 1.64. The van der Waals surface area contributed by atoms with Crippen molar-refractivity contribution < 1.29 is 18.0 Å². The monoisotopic (exact) mass is 478 g/mol. The molecular formula is C22H30N4O4S2. The number of hydrogen-bond donors (Lipinski definition) is 2. The number of carbonyl (C=O) groups excluding carboxylic acids is 2. The molecule has 0 saturated heterocycles. The molecule has 0 bridgehead atoms. The second kappa shape index (κ2) is 9.68. The summed E-state index contributed by atoms with van der Waals surface area (Å²) in [6.07, 6.45) is 1.34. The number of amides is 2. The summed E-state index contributed by atoms with van der Waals surface area (Å²) < 4.78 is 26.5. The van der Waals surface area contributed by atoms with Crippen LogP contribution in [0.3, 0.4) is 0 Å². The van der Waals surface area contributed by atoms with Gasteiger partial charge >= 0.3 is 0 Å². The highest BCUT2D eigenvalue weighted by atomic mass is 32.2. The zero-order chi connectivity index (χ0) is 23.5. The molecule has 0 spiro atoms. The Kier molecular flexibility index (Phi) is 7.36. The molecule has 0 fully saturated rings. The number of nitrogens with zero attached hydrogens (tertiary/aromatic N) is 2. The number of rotatable bonds is 10. The van der Waals surface area contributed by atoms with Crippen LogP contribution >= 0.6 is 11.3 Å². The number of aromatic nitrogens is 1. The van der Waals surface area contributed by atoms with Crippen molar-refractivity contribution in [1.82, 2.24) is 9.29 Å². The molecule has 0 saturated carbocycles. The number of nitrogens with one attached hydrogen (secondary N) is 2. The van der Waals surface area contributed by atoms with E-state index in [1.165, 1.54) is 15.6 Å². The van der Waals surface area contributed by atoms with E-state index in [-0.39, 0.29) is 24.0 Å². The number of anilines is 2. The van der Waals surface area contributed by atoms with Crippen LogP contribution in [0.5, 0.6) is 0 Å². The lowest BCUT2D eigenvalue weighted by molar-refractivity contribution is -0.119. The summed E-state index contributed by atoms with van der Waals surface area (Å²) in [6.45, 7) is 8.54. The van der Waals surface area contributed by atoms with Crippen molar-refractivity contribution in [3.05, 3.63) is 29.1 Å². The fourth-order valence-corrected chi connectivity index (χ4v) is 5.97. The average molecular weight is 479 g/mol. The van der Waals surface area contributed by atoms with Crippen molar-refractivity contribution >= 4 is 44.0 Å². The van der Waals surface area contributed by atoms with Crippen LogP contribution in [-0.2, 0) is 25.0 Å². The van der Waals surface area contributed by atoms with E-state index in [1.807, 2.05) is 51.3 Å². The van der Waals surface area contributed by atoms with Gasteiger partial charge in [-0.2, -0.15) is 0 Å². The first-order valence-corrected chi connectivity index (χ1v) is 13.3. The first-order chi connectivity index (χ1) is 15.1. The second-order valence-electron chi connectivity index (χ2n) is 8.39. The largest absolute Gasteiger partial charge is 0.325 e. The third-order valence-electron chi connectivity index (χ3n) is 5.48. The van der Waals surface area contributed by atoms with E-state index in [9.17, 15) is 18.0 Å². The van der Waals surface area contributed by atoms with E-state index in [0.717, 1.165) is 29.7 Å². The molecule has 2 amide bonds. The summed E-state index contributed by atoms with van der Waals surface area (Å²) >= 11 is 1.28. The van der Waals surface area contributed by atoms with Gasteiger partial charge in [0.1, 0.15) is 0 Å². The normalized spacial score (nSPS) is 15.0. The van der Waals surface area contributed by atoms with Crippen LogP contribution in [0.4, 0.5) is 10.8 Å². The van der Waals surface area contributed by atoms with Crippen molar-refractivity contribution in [2.45, 2.75) is 52.4 Å². The van der Waals surface area contributed by atoms with Gasteiger partial charge in [0.2, 0.25) is 21.8 Å². The Morgan fingerprint density at radius 1 is 1.22 bits per heavy atom. The molecule has 0 radical (unpaired) electrons. The minimum atomic E-state index is -3.47. The number of thiazole rings is 1. The zero-order valence-corrected chi connectivity index (χ0v) is 20.5. The average Bonchev–Trinajstić information content (AvgIpc) is 3.28. The molecule has 174 valence electrons. The van der Waals surface area contributed by atoms with Crippen molar-refractivity contribution in [3.8, 4) is 11.3 Å². The van der Waals surface area contributed by atoms with Crippen LogP contribution < -0.4 is 10.6 Å². The molecule has 2 N–H and O–H groups in total. The lowest BCUT2D eigenvalue weighted by Gasteiger charge is -2.20. The quantitative estimate of drug-likeness (QED) is 0.540. The molecular weight excluding hydrogens is 448 g/mol. The molecule has 2 aromatic rings. The Morgan fingerprint density at radius 2 is 1.91 bits per heavy atom. The van der Waals surface area contributed by atoms with Crippen LogP contribution in [0.15, 0.2) is 23.6 Å². The molecule has 1 aromatic heterocycles. The SMILES string of the molecule is CCCN(CCC)S(=O)(=O)CCC(=O)Nc1nc(-c2ccc3c(c2)C(C)(C)C(=O)N3)cs1. The van der Waals surface area contributed by atoms with Crippen molar-refractivity contribution in [2.24, 2.45) is 0 Å². The first-order valence-electron chi connectivity index (χ1n) is 10.8. The Hall–Kier alpha value is -2.30. The minimum absolute atomic E-state index is 0.0396. The van der Waals surface area contributed by atoms with E-state index >= 15 is 0 Å². The summed E-state index contributed by atoms with van der Waals surface area (Å²) in [5.41, 5.74) is 2.63. The van der Waals surface area contributed by atoms with Gasteiger partial charge in [-0.1, -0.05) is 19.9 Å². The van der Waals surface area contributed by atoms with E-state index in [1.54, 1.807) is 0 Å². The van der Waals surface area contributed by atoms with Crippen molar-refractivity contribution in [3.63, 3.8) is 0 Å². The van der Waals surface area contributed by atoms with Gasteiger partial charge in [0.25, 0.3) is 0 Å². The van der Waals surface area contributed by atoms with Gasteiger partial charge in [-0.05, 0) is 44.4 Å². The van der Waals surface area contributed by atoms with Crippen LogP contribution in [0.2, 0.25) is 0 Å². The van der Waals surface area contributed by atoms with E-state index in [2.05, 4.69) is 15.6 Å². The van der Waals surface area contributed by atoms with Gasteiger partial charge in [-0.25, -0.2) is 17.7 Å². The maximum atomic E-state index is 12.5. The predicted octanol–water partition coefficient (Wildman–Crippen LogP) is 3.82. The lowest BCUT2D eigenvalue weighted by atomic mass is 9.85. The number of carbonyl (C=O) groups is 2. The molecule has 1 aromatic carbocycles. The van der Waals surface area contributed by atoms with E-state index < -0.39 is 15.4 Å². The standard InChI is InChI=1S/C22H30N4O4S2/c1-5-10-26(11-6-2)32(29,30)12-9-19(27)25-21-24-18(14-31-21)15-7-8-17-16(13-15)22(3,4)20(28)23-17/h7-8,13-14H,5-6,9-12H2,1-4H3,(H,23,28)(H,24,25,27). The summed E-state index contributed by atoms with van der Waals surface area (Å²) in [5.74, 6) is -0.646. The summed E-state index contributed by atoms with van der Waals surface area (Å²) in [4.78, 5) is 29.0. The number of sulfonamides is 1. The van der Waals surface area contributed by atoms with Crippen LogP contribution in [0.25, 0.3) is 11.3 Å². The lowest BCUT2D eigenvalue weighted by Crippen LogP contribution is -2.35. The Labute approximate surface area is 193 Å². The molecule has 1 aliphatic heterocycles. The third kappa shape index (κ3) is 5.19. The predicted molar refractivity (Wildman–Crippen MR) is 128 cm³/mol. The van der Waals surface area contributed by atoms with Crippen LogP contribution in [0, 0.1) is 0 Å². The molecule has 1 aliphatic rings. The molecule has 8 nitrogen and oxygen atoms in total. The number of benzene rings is 1. The Bertz CT molecular complexity index is 1100. The summed E-state index contributed by atoms with van der Waals surface area (Å²) in [5, 5.41) is 7.82. The highest BCUT2D eigenvalue weighted by Crippen LogP contribution is 2.39. The Morgan fingerprint density at radius 3 is 2.56 bits per heavy atom. The fourth-order valence-electron chi connectivity index (χ4n) is 3.62. The third-order valence-corrected chi connectivity index (χ3v) is 8.11.